The van der Waals surface area contributed by atoms with E-state index in [1.54, 1.807) is 6.92 Å². The molecule has 0 aromatic heterocycles. The van der Waals surface area contributed by atoms with Crippen molar-refractivity contribution >= 4 is 21.7 Å². The van der Waals surface area contributed by atoms with Gasteiger partial charge >= 0.3 is 0 Å². The standard InChI is InChI=1S/C13H22N2O4S/c1-3-10-13(17)15(7-8-20(18,19)4-2)11(9-5-6-9)12(16)14-10/h9-11H,3-8H2,1-2H3,(H,14,16). The number of hydrogen-bond acceptors (Lipinski definition) is 4. The number of carbonyl (C=O) groups excluding carboxylic acids is 2. The van der Waals surface area contributed by atoms with Crippen molar-refractivity contribution in [3.05, 3.63) is 0 Å². The average molecular weight is 302 g/mol. The minimum absolute atomic E-state index is 0.0620. The summed E-state index contributed by atoms with van der Waals surface area (Å²) >= 11 is 0. The number of hydrogen-bond donors (Lipinski definition) is 1. The molecule has 2 amide bonds. The van der Waals surface area contributed by atoms with Gasteiger partial charge in [-0.15, -0.1) is 0 Å². The summed E-state index contributed by atoms with van der Waals surface area (Å²) in [5, 5.41) is 2.75. The molecule has 2 atom stereocenters. The van der Waals surface area contributed by atoms with Crippen LogP contribution in [-0.2, 0) is 19.4 Å². The molecule has 0 radical (unpaired) electrons. The molecule has 1 saturated heterocycles. The van der Waals surface area contributed by atoms with Gasteiger partial charge in [-0.05, 0) is 25.2 Å². The van der Waals surface area contributed by atoms with Crippen LogP contribution in [0.15, 0.2) is 0 Å². The van der Waals surface area contributed by atoms with E-state index >= 15 is 0 Å². The van der Waals surface area contributed by atoms with E-state index in [0.29, 0.717) is 6.42 Å². The van der Waals surface area contributed by atoms with Gasteiger partial charge in [0.15, 0.2) is 9.84 Å². The molecule has 2 rings (SSSR count). The third-order valence-corrected chi connectivity index (χ3v) is 5.75. The van der Waals surface area contributed by atoms with E-state index in [0.717, 1.165) is 12.8 Å². The summed E-state index contributed by atoms with van der Waals surface area (Å²) in [6, 6.07) is -0.987. The number of carbonyl (C=O) groups is 2. The number of piperazine rings is 1. The van der Waals surface area contributed by atoms with E-state index in [1.807, 2.05) is 6.92 Å². The maximum absolute atomic E-state index is 12.4. The Hall–Kier alpha value is -1.11. The molecule has 2 fully saturated rings. The molecule has 0 spiro atoms. The molecule has 1 heterocycles. The van der Waals surface area contributed by atoms with Gasteiger partial charge < -0.3 is 10.2 Å². The summed E-state index contributed by atoms with van der Waals surface area (Å²) in [5.41, 5.74) is 0. The van der Waals surface area contributed by atoms with Crippen LogP contribution >= 0.6 is 0 Å². The maximum Gasteiger partial charge on any atom is 0.245 e. The fourth-order valence-electron chi connectivity index (χ4n) is 2.59. The van der Waals surface area contributed by atoms with Gasteiger partial charge in [0.2, 0.25) is 11.8 Å². The van der Waals surface area contributed by atoms with Crippen molar-refractivity contribution in [3.63, 3.8) is 0 Å². The van der Waals surface area contributed by atoms with E-state index in [9.17, 15) is 18.0 Å². The molecule has 6 nitrogen and oxygen atoms in total. The van der Waals surface area contributed by atoms with E-state index in [-0.39, 0.29) is 35.8 Å². The first-order valence-electron chi connectivity index (χ1n) is 7.21. The Bertz CT molecular complexity index is 499. The van der Waals surface area contributed by atoms with Gasteiger partial charge in [0.25, 0.3) is 0 Å². The van der Waals surface area contributed by atoms with E-state index in [2.05, 4.69) is 5.32 Å². The second kappa shape index (κ2) is 5.71. The Morgan fingerprint density at radius 1 is 1.25 bits per heavy atom. The highest BCUT2D eigenvalue weighted by Gasteiger charge is 2.47. The molecule has 0 aromatic rings. The second-order valence-electron chi connectivity index (χ2n) is 5.52. The number of nitrogens with zero attached hydrogens (tertiary/aromatic N) is 1. The number of sulfone groups is 1. The summed E-state index contributed by atoms with van der Waals surface area (Å²) in [4.78, 5) is 26.0. The Balaban J connectivity index is 2.14. The molecular formula is C13H22N2O4S. The van der Waals surface area contributed by atoms with Crippen molar-refractivity contribution in [2.75, 3.05) is 18.1 Å². The van der Waals surface area contributed by atoms with Gasteiger partial charge in [-0.25, -0.2) is 8.42 Å². The molecule has 1 N–H and O–H groups in total. The summed E-state index contributed by atoms with van der Waals surface area (Å²) in [7, 11) is -3.14. The van der Waals surface area contributed by atoms with Crippen LogP contribution < -0.4 is 5.32 Å². The third kappa shape index (κ3) is 3.13. The van der Waals surface area contributed by atoms with Gasteiger partial charge in [0, 0.05) is 12.3 Å². The van der Waals surface area contributed by atoms with E-state index < -0.39 is 21.9 Å². The fraction of sp³-hybridized carbons (Fsp3) is 0.846. The molecule has 0 bridgehead atoms. The van der Waals surface area contributed by atoms with Crippen molar-refractivity contribution in [2.24, 2.45) is 5.92 Å². The molecule has 7 heteroatoms. The lowest BCUT2D eigenvalue weighted by molar-refractivity contribution is -0.150. The zero-order chi connectivity index (χ0) is 14.9. The molecule has 0 aromatic carbocycles. The lowest BCUT2D eigenvalue weighted by Gasteiger charge is -2.39. The van der Waals surface area contributed by atoms with Crippen LogP contribution in [0.1, 0.15) is 33.1 Å². The quantitative estimate of drug-likeness (QED) is 0.745. The van der Waals surface area contributed by atoms with Crippen molar-refractivity contribution in [3.8, 4) is 0 Å². The fourth-order valence-corrected chi connectivity index (χ4v) is 3.35. The molecule has 1 aliphatic carbocycles. The first-order valence-corrected chi connectivity index (χ1v) is 9.03. The minimum atomic E-state index is -3.14. The topological polar surface area (TPSA) is 83.6 Å². The summed E-state index contributed by atoms with van der Waals surface area (Å²) in [6.07, 6.45) is 2.39. The molecule has 2 unspecified atom stereocenters. The highest BCUT2D eigenvalue weighted by molar-refractivity contribution is 7.91. The predicted molar refractivity (Wildman–Crippen MR) is 74.8 cm³/mol. The predicted octanol–water partition coefficient (Wildman–Crippen LogP) is -0.0633. The van der Waals surface area contributed by atoms with Crippen molar-refractivity contribution < 1.29 is 18.0 Å². The Kier molecular flexibility index (Phi) is 4.36. The SMILES string of the molecule is CCC1NC(=O)C(C2CC2)N(CCS(=O)(=O)CC)C1=O. The largest absolute Gasteiger partial charge is 0.343 e. The zero-order valence-electron chi connectivity index (χ0n) is 12.0. The number of nitrogens with one attached hydrogen (secondary N) is 1. The van der Waals surface area contributed by atoms with Gasteiger partial charge in [0.05, 0.1) is 5.75 Å². The van der Waals surface area contributed by atoms with Crippen LogP contribution in [-0.4, -0.2) is 55.3 Å². The Morgan fingerprint density at radius 2 is 1.90 bits per heavy atom. The summed E-state index contributed by atoms with van der Waals surface area (Å²) in [5.74, 6) is -0.0847. The first-order chi connectivity index (χ1) is 9.39. The van der Waals surface area contributed by atoms with Gasteiger partial charge in [-0.1, -0.05) is 13.8 Å². The van der Waals surface area contributed by atoms with Crippen LogP contribution in [0.25, 0.3) is 0 Å². The summed E-state index contributed by atoms with van der Waals surface area (Å²) < 4.78 is 23.3. The van der Waals surface area contributed by atoms with Crippen LogP contribution in [0.4, 0.5) is 0 Å². The van der Waals surface area contributed by atoms with Crippen LogP contribution in [0.5, 0.6) is 0 Å². The van der Waals surface area contributed by atoms with Crippen LogP contribution in [0.3, 0.4) is 0 Å². The smallest absolute Gasteiger partial charge is 0.245 e. The molecule has 1 saturated carbocycles. The van der Waals surface area contributed by atoms with E-state index in [4.69, 9.17) is 0 Å². The van der Waals surface area contributed by atoms with Crippen molar-refractivity contribution in [2.45, 2.75) is 45.2 Å². The zero-order valence-corrected chi connectivity index (χ0v) is 12.8. The van der Waals surface area contributed by atoms with Gasteiger partial charge in [0.1, 0.15) is 12.1 Å². The lowest BCUT2D eigenvalue weighted by atomic mass is 10.0. The lowest BCUT2D eigenvalue weighted by Crippen LogP contribution is -2.64. The monoisotopic (exact) mass is 302 g/mol. The van der Waals surface area contributed by atoms with Gasteiger partial charge in [-0.2, -0.15) is 0 Å². The molecule has 2 aliphatic rings. The molecule has 1 aliphatic heterocycles. The van der Waals surface area contributed by atoms with Crippen LogP contribution in [0.2, 0.25) is 0 Å². The Morgan fingerprint density at radius 3 is 2.40 bits per heavy atom. The van der Waals surface area contributed by atoms with Crippen LogP contribution in [0, 0.1) is 5.92 Å². The van der Waals surface area contributed by atoms with Gasteiger partial charge in [-0.3, -0.25) is 9.59 Å². The minimum Gasteiger partial charge on any atom is -0.343 e. The average Bonchev–Trinajstić information content (AvgIpc) is 3.23. The second-order valence-corrected chi connectivity index (χ2v) is 7.99. The molecule has 114 valence electrons. The first kappa shape index (κ1) is 15.3. The van der Waals surface area contributed by atoms with E-state index in [1.165, 1.54) is 4.90 Å². The number of rotatable bonds is 6. The Labute approximate surface area is 119 Å². The number of amides is 2. The highest BCUT2D eigenvalue weighted by atomic mass is 32.2. The highest BCUT2D eigenvalue weighted by Crippen LogP contribution is 2.37. The third-order valence-electron chi connectivity index (χ3n) is 4.06. The van der Waals surface area contributed by atoms with Crippen molar-refractivity contribution in [1.82, 2.24) is 10.2 Å². The maximum atomic E-state index is 12.4. The normalized spacial score (nSPS) is 27.6. The molecule has 20 heavy (non-hydrogen) atoms. The summed E-state index contributed by atoms with van der Waals surface area (Å²) in [6.45, 7) is 3.55. The molecular weight excluding hydrogens is 280 g/mol. The van der Waals surface area contributed by atoms with Crippen molar-refractivity contribution in [1.29, 1.82) is 0 Å².